The zero-order valence-corrected chi connectivity index (χ0v) is 15.1. The quantitative estimate of drug-likeness (QED) is 0.462. The second-order valence-corrected chi connectivity index (χ2v) is 8.12. The third kappa shape index (κ3) is 2.42. The molecule has 0 bridgehead atoms. The van der Waals surface area contributed by atoms with Crippen LogP contribution in [0.3, 0.4) is 0 Å². The van der Waals surface area contributed by atoms with E-state index in [2.05, 4.69) is 5.10 Å². The van der Waals surface area contributed by atoms with E-state index in [1.54, 1.807) is 28.9 Å². The van der Waals surface area contributed by atoms with Crippen molar-refractivity contribution in [1.29, 1.82) is 0 Å². The van der Waals surface area contributed by atoms with Gasteiger partial charge >= 0.3 is 0 Å². The van der Waals surface area contributed by atoms with Crippen LogP contribution in [0, 0.1) is 0 Å². The molecule has 140 valence electrons. The molecule has 1 saturated heterocycles. The molecular formula is C19H16F3N3OS. The summed E-state index contributed by atoms with van der Waals surface area (Å²) in [7, 11) is 0. The highest BCUT2D eigenvalue weighted by Crippen LogP contribution is 2.53. The topological polar surface area (TPSA) is 37.4 Å². The summed E-state index contributed by atoms with van der Waals surface area (Å²) in [6, 6.07) is 6.44. The normalized spacial score (nSPS) is 24.4. The summed E-state index contributed by atoms with van der Waals surface area (Å²) in [5.41, 5.74) is 1.51. The van der Waals surface area contributed by atoms with E-state index in [9.17, 15) is 18.0 Å². The van der Waals surface area contributed by atoms with Gasteiger partial charge < -0.3 is 0 Å². The lowest BCUT2D eigenvalue weighted by atomic mass is 9.99. The Hall–Kier alpha value is -2.35. The first-order valence-corrected chi connectivity index (χ1v) is 9.69. The summed E-state index contributed by atoms with van der Waals surface area (Å²) in [5.74, 6) is -2.08. The number of halogens is 3. The van der Waals surface area contributed by atoms with E-state index in [1.807, 2.05) is 0 Å². The van der Waals surface area contributed by atoms with Crippen LogP contribution in [0.25, 0.3) is 16.6 Å². The molecule has 3 aromatic heterocycles. The molecule has 8 heteroatoms. The first-order valence-electron chi connectivity index (χ1n) is 8.88. The van der Waals surface area contributed by atoms with Crippen LogP contribution in [0.4, 0.5) is 13.2 Å². The highest BCUT2D eigenvalue weighted by Gasteiger charge is 2.67. The number of hydrogen-bond acceptors (Lipinski definition) is 3. The number of fused-ring (bicyclic) bond motifs is 2. The molecule has 1 unspecified atom stereocenters. The summed E-state index contributed by atoms with van der Waals surface area (Å²) in [4.78, 5) is 14.0. The molecule has 1 amide bonds. The van der Waals surface area contributed by atoms with E-state index < -0.39 is 24.2 Å². The molecule has 5 rings (SSSR count). The molecule has 1 aliphatic carbocycles. The van der Waals surface area contributed by atoms with Crippen LogP contribution in [0.2, 0.25) is 0 Å². The summed E-state index contributed by atoms with van der Waals surface area (Å²) in [5, 5.41) is 4.19. The Morgan fingerprint density at radius 1 is 1.30 bits per heavy atom. The van der Waals surface area contributed by atoms with Crippen molar-refractivity contribution < 1.29 is 18.0 Å². The molecule has 1 aliphatic heterocycles. The van der Waals surface area contributed by atoms with Gasteiger partial charge in [-0.15, -0.1) is 11.3 Å². The molecule has 3 aromatic rings. The minimum absolute atomic E-state index is 0.155. The van der Waals surface area contributed by atoms with Crippen LogP contribution in [0.15, 0.2) is 36.7 Å². The fourth-order valence-corrected chi connectivity index (χ4v) is 5.14. The van der Waals surface area contributed by atoms with Gasteiger partial charge in [0.1, 0.15) is 0 Å². The number of carbonyl (C=O) groups is 1. The molecule has 0 spiro atoms. The average Bonchev–Trinajstić information content (AvgIpc) is 2.99. The molecule has 27 heavy (non-hydrogen) atoms. The molecule has 2 aliphatic rings. The zero-order valence-electron chi connectivity index (χ0n) is 14.2. The second-order valence-electron chi connectivity index (χ2n) is 7.03. The van der Waals surface area contributed by atoms with Crippen molar-refractivity contribution in [2.24, 2.45) is 0 Å². The maximum Gasteiger partial charge on any atom is 0.273 e. The van der Waals surface area contributed by atoms with Crippen LogP contribution >= 0.6 is 11.3 Å². The predicted octanol–water partition coefficient (Wildman–Crippen LogP) is 5.06. The van der Waals surface area contributed by atoms with Crippen molar-refractivity contribution >= 4 is 22.8 Å². The Kier molecular flexibility index (Phi) is 3.62. The van der Waals surface area contributed by atoms with Gasteiger partial charge in [0.2, 0.25) is 5.79 Å². The number of thiophene rings is 1. The number of amides is 1. The van der Waals surface area contributed by atoms with Crippen LogP contribution in [0.1, 0.15) is 46.7 Å². The van der Waals surface area contributed by atoms with Crippen molar-refractivity contribution in [3.8, 4) is 11.1 Å². The average molecular weight is 391 g/mol. The van der Waals surface area contributed by atoms with Gasteiger partial charge in [-0.1, -0.05) is 12.5 Å². The van der Waals surface area contributed by atoms with Crippen molar-refractivity contribution in [3.05, 3.63) is 46.4 Å². The number of hydrogen-bond donors (Lipinski definition) is 0. The first kappa shape index (κ1) is 16.8. The fraction of sp³-hybridized carbons (Fsp3) is 0.368. The minimum atomic E-state index is -2.72. The van der Waals surface area contributed by atoms with Gasteiger partial charge in [0.25, 0.3) is 12.3 Å². The molecule has 4 nitrogen and oxygen atoms in total. The predicted molar refractivity (Wildman–Crippen MR) is 95.7 cm³/mol. The Morgan fingerprint density at radius 2 is 2.15 bits per heavy atom. The van der Waals surface area contributed by atoms with Crippen molar-refractivity contribution in [3.63, 3.8) is 0 Å². The number of aromatic nitrogens is 2. The lowest BCUT2D eigenvalue weighted by Crippen LogP contribution is -2.18. The maximum atomic E-state index is 14.8. The Morgan fingerprint density at radius 3 is 2.89 bits per heavy atom. The lowest BCUT2D eigenvalue weighted by Gasteiger charge is -2.09. The smallest absolute Gasteiger partial charge is 0.273 e. The minimum Gasteiger partial charge on any atom is -0.295 e. The van der Waals surface area contributed by atoms with E-state index in [-0.39, 0.29) is 15.3 Å². The maximum absolute atomic E-state index is 14.8. The molecule has 2 atom stereocenters. The molecular weight excluding hydrogens is 375 g/mol. The first-order chi connectivity index (χ1) is 13.0. The lowest BCUT2D eigenvalue weighted by molar-refractivity contribution is 0.0787. The number of nitrogens with zero attached hydrogens (tertiary/aromatic N) is 3. The highest BCUT2D eigenvalue weighted by atomic mass is 32.1. The summed E-state index contributed by atoms with van der Waals surface area (Å²) < 4.78 is 43.8. The second kappa shape index (κ2) is 5.82. The molecule has 2 fully saturated rings. The van der Waals surface area contributed by atoms with Gasteiger partial charge in [0.05, 0.1) is 27.5 Å². The van der Waals surface area contributed by atoms with E-state index >= 15 is 0 Å². The van der Waals surface area contributed by atoms with Crippen LogP contribution < -0.4 is 0 Å². The van der Waals surface area contributed by atoms with E-state index in [4.69, 9.17) is 0 Å². The largest absolute Gasteiger partial charge is 0.295 e. The Labute approximate surface area is 157 Å². The van der Waals surface area contributed by atoms with Crippen LogP contribution in [-0.4, -0.2) is 32.3 Å². The summed E-state index contributed by atoms with van der Waals surface area (Å²) >= 11 is 0.750. The van der Waals surface area contributed by atoms with Gasteiger partial charge in [0.15, 0.2) is 0 Å². The Balaban J connectivity index is 1.56. The SMILES string of the molecule is O=C(c1cc(-c2cnn3ccccc23)c(C(F)F)s1)N1[C@@H]2CCCCC21F. The van der Waals surface area contributed by atoms with Gasteiger partial charge in [0, 0.05) is 23.7 Å². The van der Waals surface area contributed by atoms with Crippen LogP contribution in [-0.2, 0) is 0 Å². The highest BCUT2D eigenvalue weighted by molar-refractivity contribution is 7.14. The van der Waals surface area contributed by atoms with E-state index in [1.165, 1.54) is 17.2 Å². The standard InChI is InChI=1S/C19H16F3N3OS/c20-17(21)16-11(12-10-23-24-8-4-2-5-13(12)24)9-14(27-16)18(26)25-15-6-1-3-7-19(15,25)22/h2,4-5,8-10,15,17H,1,3,6-7H2/t15-,19?,25?/m1/s1. The summed E-state index contributed by atoms with van der Waals surface area (Å²) in [6.45, 7) is 0. The molecule has 0 aromatic carbocycles. The molecule has 0 N–H and O–H groups in total. The number of rotatable bonds is 3. The summed E-state index contributed by atoms with van der Waals surface area (Å²) in [6.07, 6.45) is 3.13. The monoisotopic (exact) mass is 391 g/mol. The van der Waals surface area contributed by atoms with Gasteiger partial charge in [-0.05, 0) is 31.0 Å². The molecule has 0 radical (unpaired) electrons. The van der Waals surface area contributed by atoms with Gasteiger partial charge in [-0.3, -0.25) is 9.69 Å². The number of alkyl halides is 3. The molecule has 1 saturated carbocycles. The number of likely N-dealkylation sites (tertiary alicyclic amines) is 1. The third-order valence-corrected chi connectivity index (χ3v) is 6.65. The van der Waals surface area contributed by atoms with E-state index in [0.29, 0.717) is 23.9 Å². The van der Waals surface area contributed by atoms with Gasteiger partial charge in [-0.25, -0.2) is 17.7 Å². The fourth-order valence-electron chi connectivity index (χ4n) is 4.17. The van der Waals surface area contributed by atoms with Crippen LogP contribution in [0.5, 0.6) is 0 Å². The van der Waals surface area contributed by atoms with Gasteiger partial charge in [-0.2, -0.15) is 5.10 Å². The molecule has 4 heterocycles. The number of carbonyl (C=O) groups excluding carboxylic acids is 1. The van der Waals surface area contributed by atoms with Crippen molar-refractivity contribution in [1.82, 2.24) is 14.5 Å². The van der Waals surface area contributed by atoms with E-state index in [0.717, 1.165) is 24.2 Å². The van der Waals surface area contributed by atoms with Crippen molar-refractivity contribution in [2.75, 3.05) is 0 Å². The zero-order chi connectivity index (χ0) is 18.8. The third-order valence-electron chi connectivity index (χ3n) is 5.52. The number of pyridine rings is 1. The Bertz CT molecular complexity index is 1050. The van der Waals surface area contributed by atoms with Crippen molar-refractivity contribution in [2.45, 2.75) is 43.9 Å².